The molecule has 5 aromatic rings. The highest BCUT2D eigenvalue weighted by Crippen LogP contribution is 2.35. The molecule has 0 aromatic carbocycles. The molecule has 5 aromatic heterocycles. The zero-order chi connectivity index (χ0) is 24.1. The smallest absolute Gasteiger partial charge is 0.312 e. The molecule has 6 heterocycles. The zero-order valence-corrected chi connectivity index (χ0v) is 18.8. The summed E-state index contributed by atoms with van der Waals surface area (Å²) < 4.78 is 27.8. The number of fused-ring (bicyclic) bond motifs is 2. The van der Waals surface area contributed by atoms with Crippen LogP contribution in [0.3, 0.4) is 0 Å². The third-order valence-electron chi connectivity index (χ3n) is 5.80. The number of halogens is 1. The summed E-state index contributed by atoms with van der Waals surface area (Å²) in [6, 6.07) is 4.52. The van der Waals surface area contributed by atoms with Crippen molar-refractivity contribution in [2.45, 2.75) is 25.7 Å². The highest BCUT2D eigenvalue weighted by molar-refractivity contribution is 5.90. The molecule has 35 heavy (non-hydrogen) atoms. The van der Waals surface area contributed by atoms with Crippen molar-refractivity contribution in [2.75, 3.05) is 6.54 Å². The van der Waals surface area contributed by atoms with Crippen LogP contribution in [0.1, 0.15) is 40.7 Å². The Labute approximate surface area is 197 Å². The molecule has 0 bridgehead atoms. The second-order valence-electron chi connectivity index (χ2n) is 8.16. The van der Waals surface area contributed by atoms with Crippen LogP contribution in [0.4, 0.5) is 4.39 Å². The molecule has 12 nitrogen and oxygen atoms in total. The minimum atomic E-state index is -1.49. The number of carbonyl (C=O) groups excluding carboxylic acids is 1. The van der Waals surface area contributed by atoms with Gasteiger partial charge in [-0.3, -0.25) is 9.48 Å². The molecule has 0 spiro atoms. The fraction of sp³-hybridized carbons (Fsp3) is 0.273. The second kappa shape index (κ2) is 8.04. The normalized spacial score (nSPS) is 16.4. The Morgan fingerprint density at radius 2 is 2.26 bits per heavy atom. The molecule has 1 aliphatic heterocycles. The molecule has 6 rings (SSSR count). The maximum atomic E-state index is 13.6. The van der Waals surface area contributed by atoms with E-state index in [0.717, 1.165) is 5.69 Å². The largest absolute Gasteiger partial charge is 0.458 e. The van der Waals surface area contributed by atoms with Crippen LogP contribution in [0, 0.1) is 0 Å². The fourth-order valence-corrected chi connectivity index (χ4v) is 4.29. The summed E-state index contributed by atoms with van der Waals surface area (Å²) in [6.07, 6.45) is 5.70. The van der Waals surface area contributed by atoms with Crippen LogP contribution in [-0.2, 0) is 13.5 Å². The lowest BCUT2D eigenvalue weighted by Crippen LogP contribution is -2.41. The number of nitrogens with one attached hydrogen (secondary N) is 1. The summed E-state index contributed by atoms with van der Waals surface area (Å²) in [5, 5.41) is 16.7. The van der Waals surface area contributed by atoms with Gasteiger partial charge in [0.2, 0.25) is 6.36 Å². The molecule has 13 heteroatoms. The van der Waals surface area contributed by atoms with Crippen LogP contribution in [0.25, 0.3) is 17.0 Å². The molecular formula is C22H20FN9O3. The molecule has 2 atom stereocenters. The number of hydrogen-bond donors (Lipinski definition) is 1. The van der Waals surface area contributed by atoms with E-state index in [4.69, 9.17) is 9.15 Å². The number of alkyl halides is 1. The van der Waals surface area contributed by atoms with E-state index in [1.165, 1.54) is 6.92 Å². The second-order valence-corrected chi connectivity index (χ2v) is 8.16. The first-order chi connectivity index (χ1) is 17.0. The number of pyridine rings is 1. The van der Waals surface area contributed by atoms with Gasteiger partial charge in [-0.05, 0) is 18.2 Å². The molecule has 1 aliphatic rings. The maximum absolute atomic E-state index is 13.6. The van der Waals surface area contributed by atoms with E-state index in [1.807, 2.05) is 0 Å². The van der Waals surface area contributed by atoms with E-state index < -0.39 is 18.3 Å². The van der Waals surface area contributed by atoms with Crippen LogP contribution in [-0.4, -0.2) is 63.3 Å². The molecule has 1 unspecified atom stereocenters. The van der Waals surface area contributed by atoms with Gasteiger partial charge in [0, 0.05) is 45.0 Å². The Hall–Kier alpha value is -4.55. The molecule has 0 aliphatic carbocycles. The Morgan fingerprint density at radius 3 is 3.06 bits per heavy atom. The number of hydrogen-bond acceptors (Lipinski definition) is 8. The third kappa shape index (κ3) is 3.61. The minimum absolute atomic E-state index is 0.146. The maximum Gasteiger partial charge on any atom is 0.312 e. The van der Waals surface area contributed by atoms with Crippen molar-refractivity contribution in [3.63, 3.8) is 0 Å². The summed E-state index contributed by atoms with van der Waals surface area (Å²) in [5.41, 5.74) is 3.30. The molecular weight excluding hydrogens is 457 g/mol. The van der Waals surface area contributed by atoms with Crippen LogP contribution < -0.4 is 4.74 Å². The number of aryl methyl sites for hydroxylation is 1. The highest BCUT2D eigenvalue weighted by atomic mass is 19.1. The number of H-pyrrole nitrogens is 1. The zero-order valence-electron chi connectivity index (χ0n) is 18.8. The number of aromatic nitrogens is 8. The molecule has 178 valence electrons. The van der Waals surface area contributed by atoms with E-state index in [0.29, 0.717) is 41.2 Å². The topological polar surface area (TPSA) is 132 Å². The van der Waals surface area contributed by atoms with Crippen molar-refractivity contribution >= 4 is 11.4 Å². The quantitative estimate of drug-likeness (QED) is 0.408. The van der Waals surface area contributed by atoms with Gasteiger partial charge < -0.3 is 19.0 Å². The lowest BCUT2D eigenvalue weighted by Gasteiger charge is -2.32. The fourth-order valence-electron chi connectivity index (χ4n) is 4.29. The molecule has 1 amide bonds. The Balaban J connectivity index is 1.40. The van der Waals surface area contributed by atoms with Gasteiger partial charge in [-0.15, -0.1) is 10.2 Å². The van der Waals surface area contributed by atoms with Crippen LogP contribution in [0.15, 0.2) is 47.5 Å². The van der Waals surface area contributed by atoms with E-state index in [1.54, 1.807) is 64.3 Å². The number of nitrogens with zero attached hydrogens (tertiary/aromatic N) is 8. The lowest BCUT2D eigenvalue weighted by atomic mass is 9.99. The predicted octanol–water partition coefficient (Wildman–Crippen LogP) is 2.32. The summed E-state index contributed by atoms with van der Waals surface area (Å²) in [7, 11) is 1.77. The number of amides is 1. The number of carbonyl (C=O) groups is 1. The van der Waals surface area contributed by atoms with Crippen molar-refractivity contribution in [3.05, 3.63) is 66.1 Å². The van der Waals surface area contributed by atoms with Gasteiger partial charge in [0.25, 0.3) is 5.89 Å². The first-order valence-corrected chi connectivity index (χ1v) is 10.9. The Morgan fingerprint density at radius 1 is 1.37 bits per heavy atom. The van der Waals surface area contributed by atoms with Gasteiger partial charge in [0.15, 0.2) is 0 Å². The van der Waals surface area contributed by atoms with Crippen LogP contribution in [0.5, 0.6) is 5.75 Å². The average Bonchev–Trinajstić information content (AvgIpc) is 3.63. The average molecular weight is 477 g/mol. The van der Waals surface area contributed by atoms with Crippen molar-refractivity contribution in [3.8, 4) is 17.2 Å². The molecule has 0 radical (unpaired) electrons. The standard InChI is InChI=1S/C22H20FN9O3/c1-12(23)34-17-4-3-6-32-16(17)8-15(29-32)19-18-14(24-11-25-18)5-7-31(19)22(33)21-28-27-20(35-21)13-9-26-30(2)10-13/h3-4,6,8-12,19H,5,7H2,1-2H3,(H,24,25)/t12?,19-/m0/s1. The van der Waals surface area contributed by atoms with Crippen LogP contribution >= 0.6 is 0 Å². The highest BCUT2D eigenvalue weighted by Gasteiger charge is 2.38. The van der Waals surface area contributed by atoms with Gasteiger partial charge in [-0.2, -0.15) is 10.2 Å². The van der Waals surface area contributed by atoms with Gasteiger partial charge in [0.05, 0.1) is 29.5 Å². The molecule has 0 saturated heterocycles. The summed E-state index contributed by atoms with van der Waals surface area (Å²) >= 11 is 0. The summed E-state index contributed by atoms with van der Waals surface area (Å²) in [6.45, 7) is 1.69. The number of imidazole rings is 1. The van der Waals surface area contributed by atoms with E-state index in [2.05, 4.69) is 30.4 Å². The van der Waals surface area contributed by atoms with Gasteiger partial charge >= 0.3 is 11.8 Å². The Bertz CT molecular complexity index is 1530. The molecule has 0 saturated carbocycles. The van der Waals surface area contributed by atoms with E-state index in [-0.39, 0.29) is 11.8 Å². The number of aromatic amines is 1. The summed E-state index contributed by atoms with van der Waals surface area (Å²) in [5.74, 6) is -0.0513. The number of ether oxygens (including phenoxy) is 1. The van der Waals surface area contributed by atoms with Crippen LogP contribution in [0.2, 0.25) is 0 Å². The van der Waals surface area contributed by atoms with Gasteiger partial charge in [-0.1, -0.05) is 0 Å². The predicted molar refractivity (Wildman–Crippen MR) is 118 cm³/mol. The van der Waals surface area contributed by atoms with Crippen molar-refractivity contribution in [1.29, 1.82) is 0 Å². The minimum Gasteiger partial charge on any atom is -0.458 e. The first-order valence-electron chi connectivity index (χ1n) is 10.9. The monoisotopic (exact) mass is 477 g/mol. The van der Waals surface area contributed by atoms with Crippen molar-refractivity contribution in [1.82, 2.24) is 44.5 Å². The van der Waals surface area contributed by atoms with Crippen molar-refractivity contribution < 1.29 is 18.3 Å². The van der Waals surface area contributed by atoms with Gasteiger partial charge in [-0.25, -0.2) is 13.9 Å². The Kier molecular flexibility index (Phi) is 4.83. The first kappa shape index (κ1) is 21.0. The molecule has 1 N–H and O–H groups in total. The van der Waals surface area contributed by atoms with Gasteiger partial charge in [0.1, 0.15) is 17.3 Å². The summed E-state index contributed by atoms with van der Waals surface area (Å²) in [4.78, 5) is 22.8. The molecule has 0 fully saturated rings. The third-order valence-corrected chi connectivity index (χ3v) is 5.80. The lowest BCUT2D eigenvalue weighted by molar-refractivity contribution is 0.0646. The number of rotatable bonds is 5. The van der Waals surface area contributed by atoms with E-state index >= 15 is 0 Å². The SMILES string of the molecule is CC(F)Oc1cccn2nc([C@H]3c4nc[nH]c4CCN3C(=O)c3nnc(-c4cnn(C)c4)o3)cc12. The van der Waals surface area contributed by atoms with E-state index in [9.17, 15) is 9.18 Å². The van der Waals surface area contributed by atoms with Crippen molar-refractivity contribution in [2.24, 2.45) is 7.05 Å².